The number of nitrogens with zero attached hydrogens (tertiary/aromatic N) is 3. The molecule has 12 heteroatoms. The maximum atomic E-state index is 12.9. The molecule has 2 amide bonds. The van der Waals surface area contributed by atoms with Crippen molar-refractivity contribution in [3.63, 3.8) is 0 Å². The Balaban J connectivity index is 1.69. The van der Waals surface area contributed by atoms with E-state index >= 15 is 0 Å². The second-order valence-corrected chi connectivity index (χ2v) is 9.18. The van der Waals surface area contributed by atoms with Gasteiger partial charge in [-0.2, -0.15) is 0 Å². The standard InChI is InChI=1S/C20H22N4O5S3/c1-5-16-22-23-19(32-16)21-15(25)6-7-24-18(26)14(31-20(24)30)10-11-8-12(27-2)17(29-4)13(9-11)28-3/h8-10H,5-7H2,1-4H3,(H,21,23,25). The first kappa shape index (κ1) is 24.0. The van der Waals surface area contributed by atoms with Crippen LogP contribution in [-0.4, -0.2) is 59.1 Å². The Labute approximate surface area is 199 Å². The normalized spacial score (nSPS) is 14.8. The number of thioether (sulfide) groups is 1. The van der Waals surface area contributed by atoms with Gasteiger partial charge in [0, 0.05) is 13.0 Å². The van der Waals surface area contributed by atoms with Crippen LogP contribution in [0, 0.1) is 0 Å². The van der Waals surface area contributed by atoms with Gasteiger partial charge in [-0.3, -0.25) is 14.5 Å². The first-order valence-corrected chi connectivity index (χ1v) is 11.6. The van der Waals surface area contributed by atoms with Gasteiger partial charge in [0.1, 0.15) is 9.33 Å². The average molecular weight is 495 g/mol. The fraction of sp³-hybridized carbons (Fsp3) is 0.350. The minimum absolute atomic E-state index is 0.0882. The third kappa shape index (κ3) is 5.37. The number of aryl methyl sites for hydroxylation is 1. The van der Waals surface area contributed by atoms with Crippen LogP contribution in [0.3, 0.4) is 0 Å². The molecule has 0 radical (unpaired) electrons. The first-order valence-electron chi connectivity index (χ1n) is 9.57. The summed E-state index contributed by atoms with van der Waals surface area (Å²) in [6.07, 6.45) is 2.55. The lowest BCUT2D eigenvalue weighted by Crippen LogP contribution is -2.31. The molecule has 2 aromatic rings. The first-order chi connectivity index (χ1) is 15.4. The molecule has 1 fully saturated rings. The Bertz CT molecular complexity index is 1040. The van der Waals surface area contributed by atoms with Gasteiger partial charge in [-0.1, -0.05) is 42.2 Å². The van der Waals surface area contributed by atoms with E-state index in [4.69, 9.17) is 26.4 Å². The Hall–Kier alpha value is -2.70. The minimum Gasteiger partial charge on any atom is -0.493 e. The largest absolute Gasteiger partial charge is 0.493 e. The fourth-order valence-electron chi connectivity index (χ4n) is 2.87. The third-order valence-corrected chi connectivity index (χ3v) is 6.80. The van der Waals surface area contributed by atoms with Gasteiger partial charge >= 0.3 is 0 Å². The molecule has 0 saturated carbocycles. The monoisotopic (exact) mass is 494 g/mol. The summed E-state index contributed by atoms with van der Waals surface area (Å²) in [4.78, 5) is 27.0. The van der Waals surface area contributed by atoms with Crippen LogP contribution in [0.2, 0.25) is 0 Å². The number of nitrogens with one attached hydrogen (secondary N) is 1. The molecular weight excluding hydrogens is 472 g/mol. The van der Waals surface area contributed by atoms with Crippen LogP contribution in [-0.2, 0) is 16.0 Å². The van der Waals surface area contributed by atoms with Crippen LogP contribution in [0.1, 0.15) is 23.9 Å². The van der Waals surface area contributed by atoms with Crippen molar-refractivity contribution < 1.29 is 23.8 Å². The summed E-state index contributed by atoms with van der Waals surface area (Å²) in [7, 11) is 4.57. The van der Waals surface area contributed by atoms with E-state index in [-0.39, 0.29) is 24.8 Å². The van der Waals surface area contributed by atoms with E-state index in [9.17, 15) is 9.59 Å². The average Bonchev–Trinajstić information content (AvgIpc) is 3.35. The molecule has 3 rings (SSSR count). The lowest BCUT2D eigenvalue weighted by Gasteiger charge is -2.14. The van der Waals surface area contributed by atoms with E-state index in [1.54, 1.807) is 18.2 Å². The van der Waals surface area contributed by atoms with Crippen molar-refractivity contribution in [3.05, 3.63) is 27.6 Å². The zero-order valence-corrected chi connectivity index (χ0v) is 20.4. The zero-order valence-electron chi connectivity index (χ0n) is 18.0. The minimum atomic E-state index is -0.259. The highest BCUT2D eigenvalue weighted by molar-refractivity contribution is 8.26. The lowest BCUT2D eigenvalue weighted by atomic mass is 10.1. The highest BCUT2D eigenvalue weighted by Crippen LogP contribution is 2.40. The van der Waals surface area contributed by atoms with E-state index in [1.807, 2.05) is 6.92 Å². The molecule has 1 aliphatic rings. The van der Waals surface area contributed by atoms with Gasteiger partial charge < -0.3 is 19.5 Å². The van der Waals surface area contributed by atoms with E-state index in [2.05, 4.69) is 15.5 Å². The summed E-state index contributed by atoms with van der Waals surface area (Å²) >= 11 is 7.86. The van der Waals surface area contributed by atoms with Gasteiger partial charge in [-0.15, -0.1) is 10.2 Å². The Morgan fingerprint density at radius 1 is 1.19 bits per heavy atom. The predicted octanol–water partition coefficient (Wildman–Crippen LogP) is 3.36. The molecule has 0 aliphatic carbocycles. The SMILES string of the molecule is CCc1nnc(NC(=O)CCN2C(=O)C(=Cc3cc(OC)c(OC)c(OC)c3)SC2=S)s1. The van der Waals surface area contributed by atoms with Gasteiger partial charge in [-0.25, -0.2) is 0 Å². The van der Waals surface area contributed by atoms with Crippen LogP contribution in [0.5, 0.6) is 17.2 Å². The highest BCUT2D eigenvalue weighted by atomic mass is 32.2. The second kappa shape index (κ2) is 10.7. The van der Waals surface area contributed by atoms with Gasteiger partial charge in [-0.05, 0) is 30.2 Å². The van der Waals surface area contributed by atoms with E-state index in [0.717, 1.165) is 11.4 Å². The van der Waals surface area contributed by atoms with Crippen LogP contribution >= 0.6 is 35.3 Å². The summed E-state index contributed by atoms with van der Waals surface area (Å²) in [5.74, 6) is 0.908. The van der Waals surface area contributed by atoms with Gasteiger partial charge in [0.15, 0.2) is 11.5 Å². The van der Waals surface area contributed by atoms with Gasteiger partial charge in [0.2, 0.25) is 16.8 Å². The number of hydrogen-bond donors (Lipinski definition) is 1. The third-order valence-electron chi connectivity index (χ3n) is 4.44. The number of aromatic nitrogens is 2. The van der Waals surface area contributed by atoms with Crippen molar-refractivity contribution in [2.45, 2.75) is 19.8 Å². The van der Waals surface area contributed by atoms with Crippen molar-refractivity contribution >= 4 is 62.7 Å². The summed E-state index contributed by atoms with van der Waals surface area (Å²) in [6, 6.07) is 3.49. The maximum Gasteiger partial charge on any atom is 0.266 e. The maximum absolute atomic E-state index is 12.9. The highest BCUT2D eigenvalue weighted by Gasteiger charge is 2.32. The van der Waals surface area contributed by atoms with Crippen LogP contribution < -0.4 is 19.5 Å². The van der Waals surface area contributed by atoms with E-state index < -0.39 is 0 Å². The van der Waals surface area contributed by atoms with Crippen LogP contribution in [0.4, 0.5) is 5.13 Å². The Morgan fingerprint density at radius 2 is 1.88 bits per heavy atom. The molecule has 0 unspecified atom stereocenters. The molecule has 0 spiro atoms. The molecule has 1 aliphatic heterocycles. The van der Waals surface area contributed by atoms with E-state index in [1.165, 1.54) is 49.3 Å². The topological polar surface area (TPSA) is 103 Å². The molecule has 0 atom stereocenters. The smallest absolute Gasteiger partial charge is 0.266 e. The molecule has 1 aromatic carbocycles. The van der Waals surface area contributed by atoms with E-state index in [0.29, 0.717) is 37.2 Å². The van der Waals surface area contributed by atoms with Crippen molar-refractivity contribution in [1.82, 2.24) is 15.1 Å². The number of carbonyl (C=O) groups is 2. The van der Waals surface area contributed by atoms with Crippen molar-refractivity contribution in [2.24, 2.45) is 0 Å². The molecule has 2 heterocycles. The quantitative estimate of drug-likeness (QED) is 0.415. The molecule has 1 saturated heterocycles. The van der Waals surface area contributed by atoms with Gasteiger partial charge in [0.25, 0.3) is 5.91 Å². The number of thiocarbonyl (C=S) groups is 1. The fourth-order valence-corrected chi connectivity index (χ4v) is 4.88. The summed E-state index contributed by atoms with van der Waals surface area (Å²) in [6.45, 7) is 2.13. The van der Waals surface area contributed by atoms with Crippen molar-refractivity contribution in [1.29, 1.82) is 0 Å². The Kier molecular flexibility index (Phi) is 8.04. The second-order valence-electron chi connectivity index (χ2n) is 6.44. The number of methoxy groups -OCH3 is 3. The van der Waals surface area contributed by atoms with Crippen molar-refractivity contribution in [3.8, 4) is 17.2 Å². The van der Waals surface area contributed by atoms with Crippen LogP contribution in [0.15, 0.2) is 17.0 Å². The number of rotatable bonds is 9. The van der Waals surface area contributed by atoms with Crippen LogP contribution in [0.25, 0.3) is 6.08 Å². The molecule has 32 heavy (non-hydrogen) atoms. The summed E-state index contributed by atoms with van der Waals surface area (Å²) < 4.78 is 16.4. The molecule has 1 N–H and O–H groups in total. The zero-order chi connectivity index (χ0) is 23.3. The number of anilines is 1. The summed E-state index contributed by atoms with van der Waals surface area (Å²) in [5, 5.41) is 11.9. The number of hydrogen-bond acceptors (Lipinski definition) is 10. The lowest BCUT2D eigenvalue weighted by molar-refractivity contribution is -0.122. The number of amides is 2. The number of carbonyl (C=O) groups excluding carboxylic acids is 2. The number of ether oxygens (including phenoxy) is 3. The number of benzene rings is 1. The molecule has 170 valence electrons. The summed E-state index contributed by atoms with van der Waals surface area (Å²) in [5.41, 5.74) is 0.695. The molecule has 0 bridgehead atoms. The molecule has 9 nitrogen and oxygen atoms in total. The molecular formula is C20H22N4O5S3. The van der Waals surface area contributed by atoms with Crippen molar-refractivity contribution in [2.75, 3.05) is 33.2 Å². The van der Waals surface area contributed by atoms with Gasteiger partial charge in [0.05, 0.1) is 26.2 Å². The molecule has 1 aromatic heterocycles. The predicted molar refractivity (Wildman–Crippen MR) is 129 cm³/mol. The Morgan fingerprint density at radius 3 is 2.44 bits per heavy atom.